The summed E-state index contributed by atoms with van der Waals surface area (Å²) < 4.78 is 0. The van der Waals surface area contributed by atoms with Crippen LogP contribution >= 0.6 is 0 Å². The number of aromatic nitrogens is 2. The maximum atomic E-state index is 12.6. The number of carbonyl (C=O) groups is 2. The summed E-state index contributed by atoms with van der Waals surface area (Å²) in [6, 6.07) is 11.4. The minimum absolute atomic E-state index is 0.158. The summed E-state index contributed by atoms with van der Waals surface area (Å²) in [5.41, 5.74) is 2.44. The Bertz CT molecular complexity index is 767. The van der Waals surface area contributed by atoms with Crippen LogP contribution in [0.2, 0.25) is 0 Å². The van der Waals surface area contributed by atoms with Gasteiger partial charge >= 0.3 is 0 Å². The largest absolute Gasteiger partial charge is 0.342 e. The molecule has 2 aromatic rings. The molecular weight excluding hydrogens is 316 g/mol. The summed E-state index contributed by atoms with van der Waals surface area (Å²) in [7, 11) is 0. The highest BCUT2D eigenvalue weighted by atomic mass is 16.2. The van der Waals surface area contributed by atoms with E-state index in [0.717, 1.165) is 37.1 Å². The molecule has 130 valence electrons. The van der Waals surface area contributed by atoms with Gasteiger partial charge in [0.15, 0.2) is 0 Å². The molecule has 2 aliphatic rings. The maximum absolute atomic E-state index is 12.6. The number of likely N-dealkylation sites (tertiary alicyclic amines) is 1. The normalized spacial score (nSPS) is 18.4. The fraction of sp³-hybridized carbons (Fsp3) is 0.421. The first-order valence-electron chi connectivity index (χ1n) is 8.89. The molecule has 2 amide bonds. The molecule has 0 unspecified atom stereocenters. The fourth-order valence-corrected chi connectivity index (χ4v) is 3.33. The zero-order valence-electron chi connectivity index (χ0n) is 14.1. The Morgan fingerprint density at radius 1 is 1.32 bits per heavy atom. The Morgan fingerprint density at radius 3 is 2.80 bits per heavy atom. The molecule has 0 spiro atoms. The van der Waals surface area contributed by atoms with Gasteiger partial charge < -0.3 is 10.2 Å². The fourth-order valence-electron chi connectivity index (χ4n) is 3.33. The lowest BCUT2D eigenvalue weighted by molar-refractivity contribution is -0.128. The summed E-state index contributed by atoms with van der Waals surface area (Å²) in [5, 5.41) is 10.2. The number of nitrogens with one attached hydrogen (secondary N) is 2. The van der Waals surface area contributed by atoms with Crippen molar-refractivity contribution in [2.45, 2.75) is 37.6 Å². The van der Waals surface area contributed by atoms with Crippen molar-refractivity contribution in [3.8, 4) is 0 Å². The van der Waals surface area contributed by atoms with E-state index in [2.05, 4.69) is 15.5 Å². The first-order valence-corrected chi connectivity index (χ1v) is 8.89. The van der Waals surface area contributed by atoms with Crippen molar-refractivity contribution in [2.24, 2.45) is 0 Å². The van der Waals surface area contributed by atoms with Crippen LogP contribution < -0.4 is 5.32 Å². The molecule has 1 aliphatic heterocycles. The number of hydrogen-bond donors (Lipinski definition) is 2. The molecule has 2 N–H and O–H groups in total. The molecule has 0 bridgehead atoms. The van der Waals surface area contributed by atoms with Crippen molar-refractivity contribution < 1.29 is 9.59 Å². The van der Waals surface area contributed by atoms with E-state index >= 15 is 0 Å². The maximum Gasteiger partial charge on any atom is 0.272 e. The third-order valence-electron chi connectivity index (χ3n) is 4.93. The highest BCUT2D eigenvalue weighted by Gasteiger charge is 2.28. The number of carbonyl (C=O) groups excluding carboxylic acids is 2. The standard InChI is InChI=1S/C19H22N4O2/c24-18-7-4-10-23(18)12-17(13-5-2-1-3-6-13)20-19(25)16-11-15(21-22-16)14-8-9-14/h1-3,5-6,11,14,17H,4,7-10,12H2,(H,20,25)(H,21,22)/t17-/m1/s1. The van der Waals surface area contributed by atoms with Gasteiger partial charge in [-0.25, -0.2) is 0 Å². The average molecular weight is 338 g/mol. The third kappa shape index (κ3) is 3.57. The van der Waals surface area contributed by atoms with Crippen LogP contribution in [-0.2, 0) is 4.79 Å². The van der Waals surface area contributed by atoms with E-state index in [1.165, 1.54) is 0 Å². The van der Waals surface area contributed by atoms with Crippen molar-refractivity contribution in [1.29, 1.82) is 0 Å². The summed E-state index contributed by atoms with van der Waals surface area (Å²) >= 11 is 0. The number of hydrogen-bond acceptors (Lipinski definition) is 3. The van der Waals surface area contributed by atoms with E-state index in [0.29, 0.717) is 24.6 Å². The molecule has 2 heterocycles. The van der Waals surface area contributed by atoms with E-state index in [1.54, 1.807) is 0 Å². The van der Waals surface area contributed by atoms with Gasteiger partial charge in [-0.2, -0.15) is 5.10 Å². The van der Waals surface area contributed by atoms with Gasteiger partial charge in [-0.1, -0.05) is 30.3 Å². The van der Waals surface area contributed by atoms with E-state index in [1.807, 2.05) is 41.3 Å². The second-order valence-corrected chi connectivity index (χ2v) is 6.86. The van der Waals surface area contributed by atoms with Crippen molar-refractivity contribution in [3.05, 3.63) is 53.3 Å². The van der Waals surface area contributed by atoms with Crippen LogP contribution in [0.1, 0.15) is 59.4 Å². The van der Waals surface area contributed by atoms with Crippen LogP contribution in [0.15, 0.2) is 36.4 Å². The third-order valence-corrected chi connectivity index (χ3v) is 4.93. The Balaban J connectivity index is 1.50. The highest BCUT2D eigenvalue weighted by molar-refractivity contribution is 5.92. The zero-order chi connectivity index (χ0) is 17.2. The predicted molar refractivity (Wildman–Crippen MR) is 93.0 cm³/mol. The number of amides is 2. The Hall–Kier alpha value is -2.63. The number of nitrogens with zero attached hydrogens (tertiary/aromatic N) is 2. The monoisotopic (exact) mass is 338 g/mol. The van der Waals surface area contributed by atoms with E-state index in [-0.39, 0.29) is 17.9 Å². The molecule has 25 heavy (non-hydrogen) atoms. The van der Waals surface area contributed by atoms with Gasteiger partial charge in [0.1, 0.15) is 5.69 Å². The topological polar surface area (TPSA) is 78.1 Å². The number of rotatable bonds is 6. The van der Waals surface area contributed by atoms with Gasteiger partial charge in [-0.05, 0) is 30.9 Å². The number of aromatic amines is 1. The van der Waals surface area contributed by atoms with E-state index in [9.17, 15) is 9.59 Å². The molecule has 2 fully saturated rings. The first-order chi connectivity index (χ1) is 12.2. The van der Waals surface area contributed by atoms with Gasteiger partial charge in [0.05, 0.1) is 6.04 Å². The molecule has 1 aromatic carbocycles. The lowest BCUT2D eigenvalue weighted by Crippen LogP contribution is -2.38. The SMILES string of the molecule is O=C(N[C@H](CN1CCCC1=O)c1ccccc1)c1cc(C2CC2)[nH]n1. The van der Waals surface area contributed by atoms with Crippen molar-refractivity contribution in [2.75, 3.05) is 13.1 Å². The second-order valence-electron chi connectivity index (χ2n) is 6.86. The molecule has 1 aromatic heterocycles. The minimum Gasteiger partial charge on any atom is -0.342 e. The smallest absolute Gasteiger partial charge is 0.272 e. The first kappa shape index (κ1) is 15.9. The van der Waals surface area contributed by atoms with Gasteiger partial charge in [0, 0.05) is 31.1 Å². The zero-order valence-corrected chi connectivity index (χ0v) is 14.1. The molecule has 6 heteroatoms. The lowest BCUT2D eigenvalue weighted by Gasteiger charge is -2.25. The van der Waals surface area contributed by atoms with Crippen LogP contribution in [0.4, 0.5) is 0 Å². The average Bonchev–Trinajstić information content (AvgIpc) is 3.22. The van der Waals surface area contributed by atoms with Gasteiger partial charge in [-0.3, -0.25) is 14.7 Å². The second kappa shape index (κ2) is 6.70. The molecule has 4 rings (SSSR count). The lowest BCUT2D eigenvalue weighted by atomic mass is 10.1. The summed E-state index contributed by atoms with van der Waals surface area (Å²) in [5.74, 6) is 0.482. The van der Waals surface area contributed by atoms with Crippen LogP contribution in [0.5, 0.6) is 0 Å². The van der Waals surface area contributed by atoms with Crippen LogP contribution in [0.3, 0.4) is 0 Å². The Morgan fingerprint density at radius 2 is 2.12 bits per heavy atom. The van der Waals surface area contributed by atoms with Crippen molar-refractivity contribution in [1.82, 2.24) is 20.4 Å². The van der Waals surface area contributed by atoms with Gasteiger partial charge in [0.2, 0.25) is 5.91 Å². The summed E-state index contributed by atoms with van der Waals surface area (Å²) in [6.07, 6.45) is 3.80. The summed E-state index contributed by atoms with van der Waals surface area (Å²) in [4.78, 5) is 26.5. The van der Waals surface area contributed by atoms with Crippen LogP contribution in [-0.4, -0.2) is 40.0 Å². The predicted octanol–water partition coefficient (Wildman–Crippen LogP) is 2.38. The van der Waals surface area contributed by atoms with Crippen LogP contribution in [0.25, 0.3) is 0 Å². The van der Waals surface area contributed by atoms with Crippen molar-refractivity contribution >= 4 is 11.8 Å². The molecule has 1 aliphatic carbocycles. The van der Waals surface area contributed by atoms with E-state index < -0.39 is 0 Å². The molecule has 1 saturated carbocycles. The van der Waals surface area contributed by atoms with Crippen LogP contribution in [0, 0.1) is 0 Å². The summed E-state index contributed by atoms with van der Waals surface area (Å²) in [6.45, 7) is 1.25. The molecule has 1 saturated heterocycles. The van der Waals surface area contributed by atoms with Gasteiger partial charge in [0.25, 0.3) is 5.91 Å². The quantitative estimate of drug-likeness (QED) is 0.849. The molecular formula is C19H22N4O2. The number of benzene rings is 1. The minimum atomic E-state index is -0.239. The molecule has 1 atom stereocenters. The molecule has 0 radical (unpaired) electrons. The van der Waals surface area contributed by atoms with Crippen molar-refractivity contribution in [3.63, 3.8) is 0 Å². The highest BCUT2D eigenvalue weighted by Crippen LogP contribution is 2.39. The Labute approximate surface area is 146 Å². The van der Waals surface area contributed by atoms with Gasteiger partial charge in [-0.15, -0.1) is 0 Å². The van der Waals surface area contributed by atoms with E-state index in [4.69, 9.17) is 0 Å². The number of H-pyrrole nitrogens is 1. The molecule has 6 nitrogen and oxygen atoms in total. The Kier molecular flexibility index (Phi) is 4.26.